The summed E-state index contributed by atoms with van der Waals surface area (Å²) >= 11 is 0. The number of hydrogen-bond donors (Lipinski definition) is 1. The first-order chi connectivity index (χ1) is 10.8. The lowest BCUT2D eigenvalue weighted by Crippen LogP contribution is -2.24. The number of aryl methyl sites for hydroxylation is 2. The summed E-state index contributed by atoms with van der Waals surface area (Å²) in [5, 5.41) is 4.16. The molecule has 0 amide bonds. The van der Waals surface area contributed by atoms with E-state index in [-0.39, 0.29) is 11.4 Å². The maximum absolute atomic E-state index is 12.5. The van der Waals surface area contributed by atoms with E-state index in [9.17, 15) is 8.42 Å². The Morgan fingerprint density at radius 2 is 1.96 bits per heavy atom. The minimum Gasteiger partial charge on any atom is -0.377 e. The highest BCUT2D eigenvalue weighted by atomic mass is 32.2. The average Bonchev–Trinajstić information content (AvgIpc) is 2.77. The largest absolute Gasteiger partial charge is 0.377 e. The fourth-order valence-electron chi connectivity index (χ4n) is 2.44. The van der Waals surface area contributed by atoms with Gasteiger partial charge in [0.1, 0.15) is 4.90 Å². The topological polar surface area (TPSA) is 73.2 Å². The molecule has 0 aliphatic heterocycles. The molecule has 0 spiro atoms. The highest BCUT2D eigenvalue weighted by molar-refractivity contribution is 7.89. The predicted molar refractivity (Wildman–Crippen MR) is 88.5 cm³/mol. The van der Waals surface area contributed by atoms with Crippen LogP contribution in [0.4, 0.5) is 0 Å². The van der Waals surface area contributed by atoms with Gasteiger partial charge in [-0.15, -0.1) is 0 Å². The lowest BCUT2D eigenvalue weighted by atomic mass is 10.1. The van der Waals surface area contributed by atoms with Crippen LogP contribution in [0.3, 0.4) is 0 Å². The Hall–Kier alpha value is -1.70. The fraction of sp³-hybridized carbons (Fsp3) is 0.438. The predicted octanol–water partition coefficient (Wildman–Crippen LogP) is 2.05. The van der Waals surface area contributed by atoms with Crippen LogP contribution in [-0.2, 0) is 35.0 Å². The Bertz CT molecular complexity index is 782. The Morgan fingerprint density at radius 3 is 2.57 bits per heavy atom. The van der Waals surface area contributed by atoms with Gasteiger partial charge in [0.2, 0.25) is 10.0 Å². The Labute approximate surface area is 137 Å². The van der Waals surface area contributed by atoms with Gasteiger partial charge in [-0.3, -0.25) is 4.68 Å². The number of sulfonamides is 1. The van der Waals surface area contributed by atoms with Gasteiger partial charge in [0.05, 0.1) is 18.0 Å². The van der Waals surface area contributed by atoms with Gasteiger partial charge in [-0.25, -0.2) is 13.1 Å². The van der Waals surface area contributed by atoms with E-state index in [2.05, 4.69) is 9.82 Å². The Balaban J connectivity index is 2.13. The van der Waals surface area contributed by atoms with E-state index < -0.39 is 10.0 Å². The van der Waals surface area contributed by atoms with Gasteiger partial charge in [-0.2, -0.15) is 5.10 Å². The third-order valence-electron chi connectivity index (χ3n) is 3.64. The van der Waals surface area contributed by atoms with Crippen molar-refractivity contribution in [3.63, 3.8) is 0 Å². The van der Waals surface area contributed by atoms with Crippen LogP contribution in [0.25, 0.3) is 0 Å². The fourth-order valence-corrected chi connectivity index (χ4v) is 3.89. The van der Waals surface area contributed by atoms with E-state index in [1.165, 1.54) is 0 Å². The van der Waals surface area contributed by atoms with Gasteiger partial charge in [0.15, 0.2) is 0 Å². The maximum atomic E-state index is 12.5. The van der Waals surface area contributed by atoms with Crippen LogP contribution in [0, 0.1) is 13.8 Å². The Kier molecular flexibility index (Phi) is 5.56. The summed E-state index contributed by atoms with van der Waals surface area (Å²) in [7, 11) is -1.86. The van der Waals surface area contributed by atoms with E-state index >= 15 is 0 Å². The summed E-state index contributed by atoms with van der Waals surface area (Å²) in [6.07, 6.45) is 0. The van der Waals surface area contributed by atoms with E-state index in [4.69, 9.17) is 4.74 Å². The van der Waals surface area contributed by atoms with Gasteiger partial charge < -0.3 is 4.74 Å². The van der Waals surface area contributed by atoms with E-state index in [0.717, 1.165) is 11.1 Å². The molecule has 2 rings (SSSR count). The highest BCUT2D eigenvalue weighted by Crippen LogP contribution is 2.18. The summed E-state index contributed by atoms with van der Waals surface area (Å²) in [4.78, 5) is 0.255. The molecule has 7 heteroatoms. The number of ether oxygens (including phenoxy) is 1. The molecule has 126 valence electrons. The van der Waals surface area contributed by atoms with Crippen LogP contribution < -0.4 is 4.72 Å². The molecule has 0 aliphatic rings. The standard InChI is InChI=1S/C16H23N3O3S/c1-5-22-11-15-8-6-7-14(9-15)10-17-23(20,21)16-12(2)18-19(4)13(16)3/h6-9,17H,5,10-11H2,1-4H3. The number of hydrogen-bond acceptors (Lipinski definition) is 4. The van der Waals surface area contributed by atoms with Crippen molar-refractivity contribution in [3.8, 4) is 0 Å². The molecular weight excluding hydrogens is 314 g/mol. The third kappa shape index (κ3) is 4.19. The van der Waals surface area contributed by atoms with Crippen molar-refractivity contribution in [2.24, 2.45) is 7.05 Å². The summed E-state index contributed by atoms with van der Waals surface area (Å²) < 4.78 is 34.7. The van der Waals surface area contributed by atoms with Gasteiger partial charge in [-0.05, 0) is 31.9 Å². The SMILES string of the molecule is CCOCc1cccc(CNS(=O)(=O)c2c(C)nn(C)c2C)c1. The summed E-state index contributed by atoms with van der Waals surface area (Å²) in [6.45, 7) is 6.79. The number of aromatic nitrogens is 2. The van der Waals surface area contributed by atoms with Crippen molar-refractivity contribution >= 4 is 10.0 Å². The highest BCUT2D eigenvalue weighted by Gasteiger charge is 2.23. The summed E-state index contributed by atoms with van der Waals surface area (Å²) in [5.74, 6) is 0. The molecular formula is C16H23N3O3S. The molecule has 1 heterocycles. The molecule has 6 nitrogen and oxygen atoms in total. The minimum atomic E-state index is -3.59. The number of rotatable bonds is 7. The molecule has 1 N–H and O–H groups in total. The zero-order valence-corrected chi connectivity index (χ0v) is 14.8. The molecule has 2 aromatic rings. The molecule has 23 heavy (non-hydrogen) atoms. The van der Waals surface area contributed by atoms with Crippen molar-refractivity contribution in [2.45, 2.75) is 38.8 Å². The van der Waals surface area contributed by atoms with Crippen LogP contribution in [0.1, 0.15) is 29.4 Å². The molecule has 0 unspecified atom stereocenters. The van der Waals surface area contributed by atoms with Crippen molar-refractivity contribution < 1.29 is 13.2 Å². The molecule has 0 bridgehead atoms. The van der Waals surface area contributed by atoms with Crippen molar-refractivity contribution in [3.05, 3.63) is 46.8 Å². The molecule has 1 aromatic heterocycles. The first kappa shape index (κ1) is 17.7. The number of nitrogens with zero attached hydrogens (tertiary/aromatic N) is 2. The van der Waals surface area contributed by atoms with E-state index in [0.29, 0.717) is 24.6 Å². The van der Waals surface area contributed by atoms with E-state index in [1.807, 2.05) is 31.2 Å². The van der Waals surface area contributed by atoms with Crippen LogP contribution >= 0.6 is 0 Å². The molecule has 0 saturated carbocycles. The van der Waals surface area contributed by atoms with E-state index in [1.54, 1.807) is 25.6 Å². The van der Waals surface area contributed by atoms with Gasteiger partial charge in [0.25, 0.3) is 0 Å². The Morgan fingerprint density at radius 1 is 1.26 bits per heavy atom. The van der Waals surface area contributed by atoms with Crippen LogP contribution in [-0.4, -0.2) is 24.8 Å². The van der Waals surface area contributed by atoms with Gasteiger partial charge >= 0.3 is 0 Å². The second-order valence-electron chi connectivity index (χ2n) is 5.41. The third-order valence-corrected chi connectivity index (χ3v) is 5.29. The lowest BCUT2D eigenvalue weighted by molar-refractivity contribution is 0.134. The van der Waals surface area contributed by atoms with Crippen LogP contribution in [0.5, 0.6) is 0 Å². The molecule has 1 aromatic carbocycles. The zero-order chi connectivity index (χ0) is 17.0. The first-order valence-electron chi connectivity index (χ1n) is 7.50. The number of nitrogens with one attached hydrogen (secondary N) is 1. The second-order valence-corrected chi connectivity index (χ2v) is 7.11. The zero-order valence-electron chi connectivity index (χ0n) is 14.0. The van der Waals surface area contributed by atoms with Crippen molar-refractivity contribution in [2.75, 3.05) is 6.61 Å². The maximum Gasteiger partial charge on any atom is 0.244 e. The summed E-state index contributed by atoms with van der Waals surface area (Å²) in [6, 6.07) is 7.70. The summed E-state index contributed by atoms with van der Waals surface area (Å²) in [5.41, 5.74) is 3.05. The quantitative estimate of drug-likeness (QED) is 0.839. The number of benzene rings is 1. The van der Waals surface area contributed by atoms with Gasteiger partial charge in [-0.1, -0.05) is 24.3 Å². The lowest BCUT2D eigenvalue weighted by Gasteiger charge is -2.09. The average molecular weight is 337 g/mol. The second kappa shape index (κ2) is 7.25. The molecule has 0 aliphatic carbocycles. The molecule has 0 atom stereocenters. The molecule has 0 saturated heterocycles. The molecule has 0 radical (unpaired) electrons. The normalized spacial score (nSPS) is 11.8. The first-order valence-corrected chi connectivity index (χ1v) is 8.99. The van der Waals surface area contributed by atoms with Crippen molar-refractivity contribution in [1.29, 1.82) is 0 Å². The van der Waals surface area contributed by atoms with Crippen LogP contribution in [0.2, 0.25) is 0 Å². The monoisotopic (exact) mass is 337 g/mol. The smallest absolute Gasteiger partial charge is 0.244 e. The van der Waals surface area contributed by atoms with Crippen molar-refractivity contribution in [1.82, 2.24) is 14.5 Å². The minimum absolute atomic E-state index is 0.232. The van der Waals surface area contributed by atoms with Gasteiger partial charge in [0, 0.05) is 20.2 Å². The van der Waals surface area contributed by atoms with Crippen LogP contribution in [0.15, 0.2) is 29.2 Å². The molecule has 0 fully saturated rings.